The van der Waals surface area contributed by atoms with Crippen molar-refractivity contribution in [2.24, 2.45) is 0 Å². The fraction of sp³-hybridized carbons (Fsp3) is 0.136. The lowest BCUT2D eigenvalue weighted by atomic mass is 9.99. The quantitative estimate of drug-likeness (QED) is 0.674. The Bertz CT molecular complexity index is 1140. The van der Waals surface area contributed by atoms with Crippen LogP contribution in [0.5, 0.6) is 0 Å². The van der Waals surface area contributed by atoms with Gasteiger partial charge in [-0.2, -0.15) is 0 Å². The minimum atomic E-state index is -3.75. The molecule has 0 spiro atoms. The number of carbonyl (C=O) groups excluding carboxylic acids is 1. The van der Waals surface area contributed by atoms with Gasteiger partial charge in [-0.05, 0) is 66.1 Å². The van der Waals surface area contributed by atoms with Gasteiger partial charge in [0.15, 0.2) is 0 Å². The van der Waals surface area contributed by atoms with E-state index < -0.39 is 10.0 Å². The van der Waals surface area contributed by atoms with Gasteiger partial charge in [-0.25, -0.2) is 8.42 Å². The Hall–Kier alpha value is -2.83. The Labute approximate surface area is 175 Å². The zero-order valence-corrected chi connectivity index (χ0v) is 17.1. The SMILES string of the molecule is O=C(c1ccc(S(=O)(=O)Nc2ccc(Cl)cc2)cc1)N1CCc2ccccc2C1. The number of carbonyl (C=O) groups is 1. The topological polar surface area (TPSA) is 66.5 Å². The van der Waals surface area contributed by atoms with E-state index in [1.807, 2.05) is 18.2 Å². The molecule has 0 aromatic heterocycles. The second kappa shape index (κ2) is 7.89. The predicted octanol–water partition coefficient (Wildman–Crippen LogP) is 4.34. The van der Waals surface area contributed by atoms with Gasteiger partial charge in [0.2, 0.25) is 0 Å². The highest BCUT2D eigenvalue weighted by atomic mass is 35.5. The molecule has 1 N–H and O–H groups in total. The van der Waals surface area contributed by atoms with E-state index in [1.165, 1.54) is 17.7 Å². The summed E-state index contributed by atoms with van der Waals surface area (Å²) in [7, 11) is -3.75. The molecule has 0 atom stereocenters. The van der Waals surface area contributed by atoms with E-state index in [0.717, 1.165) is 12.0 Å². The maximum Gasteiger partial charge on any atom is 0.261 e. The van der Waals surface area contributed by atoms with Gasteiger partial charge in [0.1, 0.15) is 0 Å². The van der Waals surface area contributed by atoms with Crippen LogP contribution >= 0.6 is 11.6 Å². The van der Waals surface area contributed by atoms with E-state index in [2.05, 4.69) is 10.8 Å². The number of hydrogen-bond donors (Lipinski definition) is 1. The average Bonchev–Trinajstić information content (AvgIpc) is 2.74. The lowest BCUT2D eigenvalue weighted by molar-refractivity contribution is 0.0734. The van der Waals surface area contributed by atoms with Crippen molar-refractivity contribution in [3.63, 3.8) is 0 Å². The Balaban J connectivity index is 1.49. The zero-order valence-electron chi connectivity index (χ0n) is 15.5. The Morgan fingerprint density at radius 1 is 0.897 bits per heavy atom. The van der Waals surface area contributed by atoms with Gasteiger partial charge >= 0.3 is 0 Å². The largest absolute Gasteiger partial charge is 0.334 e. The molecule has 0 bridgehead atoms. The van der Waals surface area contributed by atoms with Gasteiger partial charge in [0.25, 0.3) is 15.9 Å². The van der Waals surface area contributed by atoms with Crippen molar-refractivity contribution in [1.29, 1.82) is 0 Å². The third-order valence-electron chi connectivity index (χ3n) is 4.93. The molecule has 5 nitrogen and oxygen atoms in total. The molecule has 1 aliphatic heterocycles. The van der Waals surface area contributed by atoms with Crippen molar-refractivity contribution in [2.45, 2.75) is 17.9 Å². The minimum absolute atomic E-state index is 0.0907. The molecule has 148 valence electrons. The Kier molecular flexibility index (Phi) is 5.30. The fourth-order valence-electron chi connectivity index (χ4n) is 3.36. The molecule has 1 aliphatic rings. The third kappa shape index (κ3) is 4.28. The van der Waals surface area contributed by atoms with Crippen LogP contribution in [-0.2, 0) is 23.0 Å². The standard InChI is InChI=1S/C22H19ClN2O3S/c23-19-7-9-20(10-8-19)24-29(27,28)21-11-5-17(6-12-21)22(26)25-14-13-16-3-1-2-4-18(16)15-25/h1-12,24H,13-15H2. The molecule has 0 radical (unpaired) electrons. The van der Waals surface area contributed by atoms with Crippen molar-refractivity contribution >= 4 is 33.2 Å². The summed E-state index contributed by atoms with van der Waals surface area (Å²) in [5.74, 6) is -0.103. The number of halogens is 1. The molecule has 3 aromatic carbocycles. The third-order valence-corrected chi connectivity index (χ3v) is 6.58. The number of rotatable bonds is 4. The molecular formula is C22H19ClN2O3S. The van der Waals surface area contributed by atoms with Gasteiger partial charge in [0.05, 0.1) is 4.90 Å². The predicted molar refractivity (Wildman–Crippen MR) is 114 cm³/mol. The lowest BCUT2D eigenvalue weighted by Crippen LogP contribution is -2.35. The molecular weight excluding hydrogens is 408 g/mol. The molecule has 0 aliphatic carbocycles. The van der Waals surface area contributed by atoms with E-state index in [4.69, 9.17) is 11.6 Å². The number of anilines is 1. The summed E-state index contributed by atoms with van der Waals surface area (Å²) >= 11 is 5.83. The normalized spacial score (nSPS) is 13.6. The van der Waals surface area contributed by atoms with Crippen LogP contribution in [0.15, 0.2) is 77.7 Å². The number of benzene rings is 3. The molecule has 4 rings (SSSR count). The number of fused-ring (bicyclic) bond motifs is 1. The van der Waals surface area contributed by atoms with Gasteiger partial charge in [-0.1, -0.05) is 35.9 Å². The van der Waals surface area contributed by atoms with Crippen molar-refractivity contribution in [3.05, 3.63) is 94.5 Å². The van der Waals surface area contributed by atoms with Crippen LogP contribution in [0.25, 0.3) is 0 Å². The van der Waals surface area contributed by atoms with E-state index in [-0.39, 0.29) is 10.8 Å². The second-order valence-electron chi connectivity index (χ2n) is 6.88. The van der Waals surface area contributed by atoms with E-state index >= 15 is 0 Å². The highest BCUT2D eigenvalue weighted by molar-refractivity contribution is 7.92. The first-order valence-corrected chi connectivity index (χ1v) is 11.0. The summed E-state index contributed by atoms with van der Waals surface area (Å²) < 4.78 is 27.6. The molecule has 0 fully saturated rings. The van der Waals surface area contributed by atoms with Crippen LogP contribution in [0.2, 0.25) is 5.02 Å². The number of nitrogens with one attached hydrogen (secondary N) is 1. The highest BCUT2D eigenvalue weighted by Crippen LogP contribution is 2.22. The number of hydrogen-bond acceptors (Lipinski definition) is 3. The summed E-state index contributed by atoms with van der Waals surface area (Å²) in [6.07, 6.45) is 0.819. The smallest absolute Gasteiger partial charge is 0.261 e. The van der Waals surface area contributed by atoms with E-state index in [1.54, 1.807) is 41.3 Å². The average molecular weight is 427 g/mol. The molecule has 7 heteroatoms. The first kappa shape index (κ1) is 19.5. The summed E-state index contributed by atoms with van der Waals surface area (Å²) in [6.45, 7) is 1.21. The molecule has 29 heavy (non-hydrogen) atoms. The van der Waals surface area contributed by atoms with Gasteiger partial charge in [-0.3, -0.25) is 9.52 Å². The second-order valence-corrected chi connectivity index (χ2v) is 9.00. The van der Waals surface area contributed by atoms with Crippen molar-refractivity contribution in [3.8, 4) is 0 Å². The maximum atomic E-state index is 12.8. The first-order valence-electron chi connectivity index (χ1n) is 9.17. The number of sulfonamides is 1. The molecule has 1 amide bonds. The fourth-order valence-corrected chi connectivity index (χ4v) is 4.54. The first-order chi connectivity index (χ1) is 13.9. The van der Waals surface area contributed by atoms with Crippen molar-refractivity contribution in [2.75, 3.05) is 11.3 Å². The summed E-state index contributed by atoms with van der Waals surface area (Å²) in [6, 6.07) is 20.5. The molecule has 1 heterocycles. The van der Waals surface area contributed by atoms with Crippen LogP contribution < -0.4 is 4.72 Å². The van der Waals surface area contributed by atoms with E-state index in [9.17, 15) is 13.2 Å². The minimum Gasteiger partial charge on any atom is -0.334 e. The molecule has 0 saturated carbocycles. The van der Waals surface area contributed by atoms with Crippen LogP contribution in [0.4, 0.5) is 5.69 Å². The Morgan fingerprint density at radius 3 is 2.24 bits per heavy atom. The monoisotopic (exact) mass is 426 g/mol. The van der Waals surface area contributed by atoms with E-state index in [0.29, 0.717) is 29.4 Å². The van der Waals surface area contributed by atoms with Gasteiger partial charge in [0, 0.05) is 29.4 Å². The summed E-state index contributed by atoms with van der Waals surface area (Å²) in [4.78, 5) is 14.7. The summed E-state index contributed by atoms with van der Waals surface area (Å²) in [5.41, 5.74) is 3.31. The van der Waals surface area contributed by atoms with Crippen molar-refractivity contribution < 1.29 is 13.2 Å². The maximum absolute atomic E-state index is 12.8. The molecule has 0 saturated heterocycles. The summed E-state index contributed by atoms with van der Waals surface area (Å²) in [5, 5.41) is 0.524. The number of nitrogens with zero attached hydrogens (tertiary/aromatic N) is 1. The number of amides is 1. The van der Waals surface area contributed by atoms with Crippen LogP contribution in [0, 0.1) is 0 Å². The van der Waals surface area contributed by atoms with Gasteiger partial charge < -0.3 is 4.90 Å². The van der Waals surface area contributed by atoms with Gasteiger partial charge in [-0.15, -0.1) is 0 Å². The Morgan fingerprint density at radius 2 is 1.55 bits per heavy atom. The molecule has 3 aromatic rings. The van der Waals surface area contributed by atoms with Crippen LogP contribution in [0.3, 0.4) is 0 Å². The molecule has 0 unspecified atom stereocenters. The van der Waals surface area contributed by atoms with Crippen LogP contribution in [-0.4, -0.2) is 25.8 Å². The van der Waals surface area contributed by atoms with Crippen LogP contribution in [0.1, 0.15) is 21.5 Å². The van der Waals surface area contributed by atoms with Crippen molar-refractivity contribution in [1.82, 2.24) is 4.90 Å². The zero-order chi connectivity index (χ0) is 20.4. The highest BCUT2D eigenvalue weighted by Gasteiger charge is 2.22. The lowest BCUT2D eigenvalue weighted by Gasteiger charge is -2.29.